The van der Waals surface area contributed by atoms with E-state index in [1.165, 1.54) is 0 Å². The van der Waals surface area contributed by atoms with Crippen molar-refractivity contribution >= 4 is 5.97 Å². The molecule has 2 heteroatoms. The maximum atomic E-state index is 11.4. The maximum absolute atomic E-state index is 11.4. The van der Waals surface area contributed by atoms with Crippen LogP contribution < -0.4 is 0 Å². The molecule has 0 heterocycles. The van der Waals surface area contributed by atoms with Gasteiger partial charge in [-0.15, -0.1) is 6.58 Å². The monoisotopic (exact) mass is 210 g/mol. The van der Waals surface area contributed by atoms with Gasteiger partial charge >= 0.3 is 5.97 Å². The predicted molar refractivity (Wildman–Crippen MR) is 61.7 cm³/mol. The quantitative estimate of drug-likeness (QED) is 0.704. The Balaban J connectivity index is 2.64. The summed E-state index contributed by atoms with van der Waals surface area (Å²) in [5.74, 6) is 0.0194. The summed E-state index contributed by atoms with van der Waals surface area (Å²) in [5.41, 5.74) is 0.648. The Morgan fingerprint density at radius 3 is 2.67 bits per heavy atom. The van der Waals surface area contributed by atoms with Crippen molar-refractivity contribution in [3.63, 3.8) is 0 Å². The van der Waals surface area contributed by atoms with Gasteiger partial charge < -0.3 is 5.11 Å². The number of rotatable bonds is 5. The molecular formula is C13H22O2. The van der Waals surface area contributed by atoms with Gasteiger partial charge in [0.1, 0.15) is 0 Å². The van der Waals surface area contributed by atoms with Crippen molar-refractivity contribution in [2.24, 2.45) is 11.3 Å². The van der Waals surface area contributed by atoms with E-state index in [2.05, 4.69) is 13.5 Å². The fourth-order valence-corrected chi connectivity index (χ4v) is 2.57. The van der Waals surface area contributed by atoms with Crippen molar-refractivity contribution < 1.29 is 9.90 Å². The smallest absolute Gasteiger partial charge is 0.309 e. The first-order valence-corrected chi connectivity index (χ1v) is 5.88. The van der Waals surface area contributed by atoms with Crippen LogP contribution in [0.2, 0.25) is 0 Å². The standard InChI is InChI=1S/C13H22O2/c1-4-11-6-8-13(9-11,12(14)15)7-5-10(2)3/h11H,2,4-9H2,1,3H3,(H,14,15). The van der Waals surface area contributed by atoms with Crippen LogP contribution in [0.4, 0.5) is 0 Å². The van der Waals surface area contributed by atoms with Crippen LogP contribution in [0.1, 0.15) is 52.4 Å². The Morgan fingerprint density at radius 2 is 2.27 bits per heavy atom. The summed E-state index contributed by atoms with van der Waals surface area (Å²) in [6, 6.07) is 0. The number of carbonyl (C=O) groups is 1. The molecule has 86 valence electrons. The molecule has 0 saturated heterocycles. The first-order valence-electron chi connectivity index (χ1n) is 5.88. The van der Waals surface area contributed by atoms with Crippen LogP contribution in [0.3, 0.4) is 0 Å². The Labute approximate surface area is 92.4 Å². The van der Waals surface area contributed by atoms with E-state index < -0.39 is 11.4 Å². The molecule has 0 aromatic carbocycles. The topological polar surface area (TPSA) is 37.3 Å². The summed E-state index contributed by atoms with van der Waals surface area (Å²) < 4.78 is 0. The Kier molecular flexibility index (Phi) is 3.95. The van der Waals surface area contributed by atoms with E-state index in [4.69, 9.17) is 0 Å². The van der Waals surface area contributed by atoms with E-state index in [1.54, 1.807) is 0 Å². The highest BCUT2D eigenvalue weighted by Gasteiger charge is 2.44. The summed E-state index contributed by atoms with van der Waals surface area (Å²) in [6.07, 6.45) is 5.54. The molecule has 1 aliphatic carbocycles. The van der Waals surface area contributed by atoms with E-state index in [9.17, 15) is 9.90 Å². The van der Waals surface area contributed by atoms with Gasteiger partial charge in [-0.25, -0.2) is 0 Å². The molecule has 1 rings (SSSR count). The molecule has 1 N–H and O–H groups in total. The minimum absolute atomic E-state index is 0.445. The van der Waals surface area contributed by atoms with Gasteiger partial charge in [-0.1, -0.05) is 18.9 Å². The highest BCUT2D eigenvalue weighted by molar-refractivity contribution is 5.75. The molecule has 1 fully saturated rings. The molecule has 0 amide bonds. The third-order valence-electron chi connectivity index (χ3n) is 3.77. The van der Waals surface area contributed by atoms with E-state index in [0.717, 1.165) is 44.1 Å². The lowest BCUT2D eigenvalue weighted by molar-refractivity contribution is -0.149. The van der Waals surface area contributed by atoms with Gasteiger partial charge in [-0.2, -0.15) is 0 Å². The summed E-state index contributed by atoms with van der Waals surface area (Å²) in [4.78, 5) is 11.4. The molecule has 2 unspecified atom stereocenters. The zero-order valence-corrected chi connectivity index (χ0v) is 9.88. The third-order valence-corrected chi connectivity index (χ3v) is 3.77. The lowest BCUT2D eigenvalue weighted by Gasteiger charge is -2.24. The highest BCUT2D eigenvalue weighted by atomic mass is 16.4. The minimum Gasteiger partial charge on any atom is -0.481 e. The zero-order chi connectivity index (χ0) is 11.5. The zero-order valence-electron chi connectivity index (χ0n) is 9.88. The van der Waals surface area contributed by atoms with Crippen molar-refractivity contribution in [1.29, 1.82) is 0 Å². The van der Waals surface area contributed by atoms with Crippen molar-refractivity contribution in [3.05, 3.63) is 12.2 Å². The van der Waals surface area contributed by atoms with Gasteiger partial charge in [-0.05, 0) is 44.9 Å². The molecule has 0 bridgehead atoms. The molecule has 0 spiro atoms. The second-order valence-electron chi connectivity index (χ2n) is 5.06. The average molecular weight is 210 g/mol. The van der Waals surface area contributed by atoms with Crippen LogP contribution in [0.25, 0.3) is 0 Å². The molecule has 2 nitrogen and oxygen atoms in total. The van der Waals surface area contributed by atoms with Crippen LogP contribution in [-0.4, -0.2) is 11.1 Å². The molecule has 0 aromatic heterocycles. The lowest BCUT2D eigenvalue weighted by atomic mass is 9.80. The van der Waals surface area contributed by atoms with E-state index >= 15 is 0 Å². The average Bonchev–Trinajstić information content (AvgIpc) is 2.59. The number of carboxylic acids is 1. The number of hydrogen-bond acceptors (Lipinski definition) is 1. The largest absolute Gasteiger partial charge is 0.481 e. The molecule has 1 saturated carbocycles. The van der Waals surface area contributed by atoms with Crippen LogP contribution in [-0.2, 0) is 4.79 Å². The molecule has 0 aliphatic heterocycles. The van der Waals surface area contributed by atoms with Crippen molar-refractivity contribution in [2.45, 2.75) is 52.4 Å². The van der Waals surface area contributed by atoms with Crippen molar-refractivity contribution in [3.8, 4) is 0 Å². The number of carboxylic acid groups (broad SMARTS) is 1. The first kappa shape index (κ1) is 12.3. The summed E-state index contributed by atoms with van der Waals surface area (Å²) in [5, 5.41) is 9.36. The van der Waals surface area contributed by atoms with Crippen LogP contribution >= 0.6 is 0 Å². The second kappa shape index (κ2) is 4.82. The number of allylic oxidation sites excluding steroid dienone is 1. The van der Waals surface area contributed by atoms with Crippen LogP contribution in [0.5, 0.6) is 0 Å². The van der Waals surface area contributed by atoms with Crippen LogP contribution in [0, 0.1) is 11.3 Å². The number of aliphatic carboxylic acids is 1. The lowest BCUT2D eigenvalue weighted by Crippen LogP contribution is -2.28. The molecule has 0 radical (unpaired) electrons. The van der Waals surface area contributed by atoms with E-state index in [0.29, 0.717) is 5.92 Å². The van der Waals surface area contributed by atoms with Gasteiger partial charge in [0, 0.05) is 0 Å². The van der Waals surface area contributed by atoms with Crippen molar-refractivity contribution in [2.75, 3.05) is 0 Å². The normalized spacial score (nSPS) is 30.4. The fourth-order valence-electron chi connectivity index (χ4n) is 2.57. The van der Waals surface area contributed by atoms with Gasteiger partial charge in [0.2, 0.25) is 0 Å². The Morgan fingerprint density at radius 1 is 1.60 bits per heavy atom. The first-order chi connectivity index (χ1) is 7.00. The Hall–Kier alpha value is -0.790. The molecule has 0 aromatic rings. The molecule has 2 atom stereocenters. The van der Waals surface area contributed by atoms with Crippen molar-refractivity contribution in [1.82, 2.24) is 0 Å². The second-order valence-corrected chi connectivity index (χ2v) is 5.06. The van der Waals surface area contributed by atoms with Crippen LogP contribution in [0.15, 0.2) is 12.2 Å². The Bertz CT molecular complexity index is 257. The molecule has 15 heavy (non-hydrogen) atoms. The fraction of sp³-hybridized carbons (Fsp3) is 0.769. The van der Waals surface area contributed by atoms with Gasteiger partial charge in [-0.3, -0.25) is 4.79 Å². The maximum Gasteiger partial charge on any atom is 0.309 e. The molecular weight excluding hydrogens is 188 g/mol. The van der Waals surface area contributed by atoms with E-state index in [1.807, 2.05) is 6.92 Å². The summed E-state index contributed by atoms with van der Waals surface area (Å²) in [6.45, 7) is 7.98. The SMILES string of the molecule is C=C(C)CCC1(C(=O)O)CCC(CC)C1. The third kappa shape index (κ3) is 2.83. The summed E-state index contributed by atoms with van der Waals surface area (Å²) >= 11 is 0. The minimum atomic E-state index is -0.597. The number of hydrogen-bond donors (Lipinski definition) is 1. The summed E-state index contributed by atoms with van der Waals surface area (Å²) in [7, 11) is 0. The highest BCUT2D eigenvalue weighted by Crippen LogP contribution is 2.46. The predicted octanol–water partition coefficient (Wildman–Crippen LogP) is 3.62. The van der Waals surface area contributed by atoms with Gasteiger partial charge in [0.25, 0.3) is 0 Å². The molecule has 1 aliphatic rings. The van der Waals surface area contributed by atoms with Gasteiger partial charge in [0.05, 0.1) is 5.41 Å². The van der Waals surface area contributed by atoms with Gasteiger partial charge in [0.15, 0.2) is 0 Å². The van der Waals surface area contributed by atoms with E-state index in [-0.39, 0.29) is 0 Å².